The summed E-state index contributed by atoms with van der Waals surface area (Å²) in [7, 11) is 0. The van der Waals surface area contributed by atoms with Gasteiger partial charge in [0.2, 0.25) is 5.91 Å². The Morgan fingerprint density at radius 1 is 1.35 bits per heavy atom. The molecule has 92 valence electrons. The van der Waals surface area contributed by atoms with E-state index in [1.807, 2.05) is 30.3 Å². The van der Waals surface area contributed by atoms with E-state index in [9.17, 15) is 9.59 Å². The number of rotatable bonds is 5. The van der Waals surface area contributed by atoms with Gasteiger partial charge in [-0.3, -0.25) is 4.79 Å². The van der Waals surface area contributed by atoms with E-state index in [-0.39, 0.29) is 12.4 Å². The summed E-state index contributed by atoms with van der Waals surface area (Å²) in [6.45, 7) is 0.144. The van der Waals surface area contributed by atoms with Gasteiger partial charge in [0, 0.05) is 5.75 Å². The van der Waals surface area contributed by atoms with E-state index >= 15 is 0 Å². The van der Waals surface area contributed by atoms with Crippen LogP contribution >= 0.6 is 12.6 Å². The van der Waals surface area contributed by atoms with Crippen molar-refractivity contribution < 1.29 is 14.3 Å². The van der Waals surface area contributed by atoms with Crippen LogP contribution in [0.25, 0.3) is 0 Å². The number of nitrogens with one attached hydrogen (secondary N) is 1. The molecular weight excluding hydrogens is 240 g/mol. The Hall–Kier alpha value is -1.69. The summed E-state index contributed by atoms with van der Waals surface area (Å²) in [5, 5.41) is 2.32. The molecule has 0 saturated carbocycles. The molecule has 0 aliphatic carbocycles. The van der Waals surface area contributed by atoms with Gasteiger partial charge >= 0.3 is 6.09 Å². The van der Waals surface area contributed by atoms with E-state index in [1.165, 1.54) is 0 Å². The molecule has 1 aromatic carbocycles. The first-order chi connectivity index (χ1) is 8.13. The maximum Gasteiger partial charge on any atom is 0.408 e. The fourth-order valence-corrected chi connectivity index (χ4v) is 1.39. The maximum atomic E-state index is 11.3. The van der Waals surface area contributed by atoms with Crippen molar-refractivity contribution in [3.05, 3.63) is 35.9 Å². The highest BCUT2D eigenvalue weighted by Crippen LogP contribution is 2.00. The zero-order chi connectivity index (χ0) is 12.7. The highest BCUT2D eigenvalue weighted by molar-refractivity contribution is 7.80. The smallest absolute Gasteiger partial charge is 0.408 e. The van der Waals surface area contributed by atoms with Crippen molar-refractivity contribution in [1.29, 1.82) is 0 Å². The number of nitrogens with two attached hydrogens (primary N) is 1. The van der Waals surface area contributed by atoms with Gasteiger partial charge in [0.05, 0.1) is 0 Å². The zero-order valence-corrected chi connectivity index (χ0v) is 10.0. The maximum absolute atomic E-state index is 11.3. The molecule has 0 aromatic heterocycles. The van der Waals surface area contributed by atoms with Gasteiger partial charge in [-0.15, -0.1) is 0 Å². The Morgan fingerprint density at radius 2 is 2.00 bits per heavy atom. The lowest BCUT2D eigenvalue weighted by atomic mass is 10.2. The number of amides is 2. The van der Waals surface area contributed by atoms with Crippen LogP contribution < -0.4 is 11.1 Å². The SMILES string of the molecule is NC(=O)[C@H](CS)NC(=O)OCc1ccccc1. The molecule has 0 aliphatic rings. The van der Waals surface area contributed by atoms with Gasteiger partial charge in [-0.25, -0.2) is 4.79 Å². The van der Waals surface area contributed by atoms with Crippen LogP contribution in [0.2, 0.25) is 0 Å². The number of primary amides is 1. The second-order valence-corrected chi connectivity index (χ2v) is 3.71. The molecule has 0 radical (unpaired) electrons. The molecular formula is C11H14N2O3S. The minimum Gasteiger partial charge on any atom is -0.445 e. The van der Waals surface area contributed by atoms with E-state index in [0.29, 0.717) is 0 Å². The van der Waals surface area contributed by atoms with Gasteiger partial charge in [0.1, 0.15) is 12.6 Å². The minimum absolute atomic E-state index is 0.135. The zero-order valence-electron chi connectivity index (χ0n) is 9.13. The average Bonchev–Trinajstić information content (AvgIpc) is 2.34. The summed E-state index contributed by atoms with van der Waals surface area (Å²) in [5.74, 6) is -0.507. The molecule has 17 heavy (non-hydrogen) atoms. The number of benzene rings is 1. The summed E-state index contributed by atoms with van der Waals surface area (Å²) in [4.78, 5) is 22.2. The topological polar surface area (TPSA) is 81.4 Å². The van der Waals surface area contributed by atoms with Crippen LogP contribution in [-0.4, -0.2) is 23.8 Å². The molecule has 6 heteroatoms. The molecule has 1 aromatic rings. The molecule has 0 unspecified atom stereocenters. The van der Waals surface area contributed by atoms with Crippen LogP contribution in [0.1, 0.15) is 5.56 Å². The molecule has 0 heterocycles. The van der Waals surface area contributed by atoms with Crippen molar-refractivity contribution in [1.82, 2.24) is 5.32 Å². The van der Waals surface area contributed by atoms with Crippen LogP contribution in [0, 0.1) is 0 Å². The van der Waals surface area contributed by atoms with Crippen molar-refractivity contribution in [3.63, 3.8) is 0 Å². The van der Waals surface area contributed by atoms with Crippen molar-refractivity contribution in [2.24, 2.45) is 5.73 Å². The first-order valence-corrected chi connectivity index (χ1v) is 5.64. The molecule has 1 atom stereocenters. The van der Waals surface area contributed by atoms with Gasteiger partial charge in [-0.1, -0.05) is 30.3 Å². The van der Waals surface area contributed by atoms with Crippen LogP contribution in [0.4, 0.5) is 4.79 Å². The summed E-state index contributed by atoms with van der Waals surface area (Å²) in [5.41, 5.74) is 5.91. The largest absolute Gasteiger partial charge is 0.445 e. The molecule has 0 fully saturated rings. The third kappa shape index (κ3) is 4.78. The van der Waals surface area contributed by atoms with E-state index in [1.54, 1.807) is 0 Å². The van der Waals surface area contributed by atoms with Gasteiger partial charge < -0.3 is 15.8 Å². The quantitative estimate of drug-likeness (QED) is 0.676. The third-order valence-electron chi connectivity index (χ3n) is 2.03. The van der Waals surface area contributed by atoms with Crippen LogP contribution in [0.5, 0.6) is 0 Å². The normalized spacial score (nSPS) is 11.6. The van der Waals surface area contributed by atoms with E-state index < -0.39 is 18.0 Å². The van der Waals surface area contributed by atoms with Gasteiger partial charge in [0.15, 0.2) is 0 Å². The monoisotopic (exact) mass is 254 g/mol. The van der Waals surface area contributed by atoms with E-state index in [2.05, 4.69) is 17.9 Å². The van der Waals surface area contributed by atoms with E-state index in [0.717, 1.165) is 5.56 Å². The number of hydrogen-bond donors (Lipinski definition) is 3. The van der Waals surface area contributed by atoms with Crippen LogP contribution in [0.15, 0.2) is 30.3 Å². The molecule has 0 bridgehead atoms. The van der Waals surface area contributed by atoms with Gasteiger partial charge in [-0.05, 0) is 5.56 Å². The molecule has 0 spiro atoms. The van der Waals surface area contributed by atoms with Crippen molar-refractivity contribution >= 4 is 24.6 Å². The number of carbonyl (C=O) groups is 2. The molecule has 0 aliphatic heterocycles. The molecule has 3 N–H and O–H groups in total. The summed E-state index contributed by atoms with van der Waals surface area (Å²) in [6.07, 6.45) is -0.688. The van der Waals surface area contributed by atoms with Crippen molar-refractivity contribution in [2.75, 3.05) is 5.75 Å². The average molecular weight is 254 g/mol. The van der Waals surface area contributed by atoms with Crippen molar-refractivity contribution in [3.8, 4) is 0 Å². The molecule has 5 nitrogen and oxygen atoms in total. The third-order valence-corrected chi connectivity index (χ3v) is 2.40. The van der Waals surface area contributed by atoms with Crippen LogP contribution in [0.3, 0.4) is 0 Å². The lowest BCUT2D eigenvalue weighted by Gasteiger charge is -2.12. The molecule has 1 rings (SSSR count). The fraction of sp³-hybridized carbons (Fsp3) is 0.273. The molecule has 0 saturated heterocycles. The summed E-state index contributed by atoms with van der Waals surface area (Å²) < 4.78 is 4.92. The number of carbonyl (C=O) groups excluding carboxylic acids is 2. The Balaban J connectivity index is 2.37. The molecule has 2 amide bonds. The summed E-state index contributed by atoms with van der Waals surface area (Å²) in [6, 6.07) is 8.40. The number of alkyl carbamates (subject to hydrolysis) is 1. The first kappa shape index (κ1) is 13.4. The fourth-order valence-electron chi connectivity index (χ4n) is 1.11. The highest BCUT2D eigenvalue weighted by atomic mass is 32.1. The lowest BCUT2D eigenvalue weighted by Crippen LogP contribution is -2.45. The number of hydrogen-bond acceptors (Lipinski definition) is 4. The standard InChI is InChI=1S/C11H14N2O3S/c12-10(14)9(7-17)13-11(15)16-6-8-4-2-1-3-5-8/h1-5,9,17H,6-7H2,(H2,12,14)(H,13,15)/t9-/m0/s1. The predicted molar refractivity (Wildman–Crippen MR) is 66.6 cm³/mol. The lowest BCUT2D eigenvalue weighted by molar-refractivity contribution is -0.119. The Kier molecular flexibility index (Phi) is 5.35. The second kappa shape index (κ2) is 6.80. The minimum atomic E-state index is -0.818. The first-order valence-electron chi connectivity index (χ1n) is 5.01. The van der Waals surface area contributed by atoms with Crippen molar-refractivity contribution in [2.45, 2.75) is 12.6 Å². The number of thiol groups is 1. The van der Waals surface area contributed by atoms with Crippen LogP contribution in [-0.2, 0) is 16.1 Å². The number of ether oxygens (including phenoxy) is 1. The summed E-state index contributed by atoms with van der Waals surface area (Å²) >= 11 is 3.90. The second-order valence-electron chi connectivity index (χ2n) is 3.34. The van der Waals surface area contributed by atoms with Gasteiger partial charge in [0.25, 0.3) is 0 Å². The van der Waals surface area contributed by atoms with Gasteiger partial charge in [-0.2, -0.15) is 12.6 Å². The predicted octanol–water partition coefficient (Wildman–Crippen LogP) is 0.696. The Morgan fingerprint density at radius 3 is 2.53 bits per heavy atom. The Bertz CT molecular complexity index is 384. The highest BCUT2D eigenvalue weighted by Gasteiger charge is 2.16. The van der Waals surface area contributed by atoms with E-state index in [4.69, 9.17) is 10.5 Å². The Labute approximate surface area is 105 Å².